The molecular formula is C28H30ClN5O3S. The van der Waals surface area contributed by atoms with Gasteiger partial charge in [0.2, 0.25) is 0 Å². The number of carbonyl (C=O) groups excluding carboxylic acids is 1. The lowest BCUT2D eigenvalue weighted by molar-refractivity contribution is 0.0919. The maximum absolute atomic E-state index is 13.6. The first kappa shape index (κ1) is 26.5. The largest absolute Gasteiger partial charge is 0.396 e. The molecule has 1 aromatic carbocycles. The number of rotatable bonds is 8. The smallest absolute Gasteiger partial charge is 0.333 e. The summed E-state index contributed by atoms with van der Waals surface area (Å²) in [5.41, 5.74) is 3.55. The fourth-order valence-electron chi connectivity index (χ4n) is 5.12. The molecule has 1 amide bonds. The van der Waals surface area contributed by atoms with Gasteiger partial charge in [0, 0.05) is 24.5 Å². The molecule has 1 aliphatic carbocycles. The highest BCUT2D eigenvalue weighted by atomic mass is 35.5. The highest BCUT2D eigenvalue weighted by molar-refractivity contribution is 7.99. The zero-order valence-corrected chi connectivity index (χ0v) is 22.7. The Morgan fingerprint density at radius 1 is 1.11 bits per heavy atom. The Morgan fingerprint density at radius 2 is 1.87 bits per heavy atom. The Bertz CT molecular complexity index is 1490. The second kappa shape index (κ2) is 11.7. The number of para-hydroxylation sites is 2. The van der Waals surface area contributed by atoms with Gasteiger partial charge in [0.15, 0.2) is 0 Å². The number of benzene rings is 1. The summed E-state index contributed by atoms with van der Waals surface area (Å²) in [5, 5.41) is 13.4. The molecular weight excluding hydrogens is 522 g/mol. The molecule has 3 heterocycles. The van der Waals surface area contributed by atoms with Gasteiger partial charge in [0.1, 0.15) is 0 Å². The molecule has 4 aromatic rings. The number of aliphatic hydroxyl groups is 1. The van der Waals surface area contributed by atoms with E-state index < -0.39 is 0 Å². The molecule has 0 spiro atoms. The SMILES string of the molecule is Cc1ncc(Cl)cc1C(=O)NC1CCC(Cn2c(=O)n(-c3ccc(SCCO)nc3)c3ccccc32)CC1. The van der Waals surface area contributed by atoms with E-state index in [9.17, 15) is 9.59 Å². The van der Waals surface area contributed by atoms with Crippen molar-refractivity contribution in [2.45, 2.75) is 50.2 Å². The van der Waals surface area contributed by atoms with Crippen LogP contribution in [0.3, 0.4) is 0 Å². The number of aryl methyl sites for hydroxylation is 1. The number of aromatic nitrogens is 4. The molecule has 10 heteroatoms. The van der Waals surface area contributed by atoms with Gasteiger partial charge in [-0.15, -0.1) is 11.8 Å². The van der Waals surface area contributed by atoms with E-state index in [2.05, 4.69) is 15.3 Å². The van der Waals surface area contributed by atoms with Crippen molar-refractivity contribution in [3.05, 3.63) is 81.6 Å². The number of halogens is 1. The first-order chi connectivity index (χ1) is 18.4. The van der Waals surface area contributed by atoms with Crippen molar-refractivity contribution in [2.75, 3.05) is 12.4 Å². The van der Waals surface area contributed by atoms with Crippen LogP contribution in [0, 0.1) is 12.8 Å². The molecule has 3 aromatic heterocycles. The molecule has 2 N–H and O–H groups in total. The molecule has 38 heavy (non-hydrogen) atoms. The van der Waals surface area contributed by atoms with Gasteiger partial charge in [-0.1, -0.05) is 23.7 Å². The van der Waals surface area contributed by atoms with Crippen LogP contribution in [-0.4, -0.2) is 48.5 Å². The van der Waals surface area contributed by atoms with E-state index in [0.29, 0.717) is 34.5 Å². The van der Waals surface area contributed by atoms with Crippen molar-refractivity contribution in [3.8, 4) is 5.69 Å². The van der Waals surface area contributed by atoms with Gasteiger partial charge in [0.25, 0.3) is 5.91 Å². The van der Waals surface area contributed by atoms with Crippen LogP contribution in [0.2, 0.25) is 5.02 Å². The van der Waals surface area contributed by atoms with Crippen molar-refractivity contribution in [3.63, 3.8) is 0 Å². The van der Waals surface area contributed by atoms with Crippen molar-refractivity contribution in [1.82, 2.24) is 24.4 Å². The van der Waals surface area contributed by atoms with E-state index in [1.54, 1.807) is 30.0 Å². The lowest BCUT2D eigenvalue weighted by atomic mass is 9.85. The van der Waals surface area contributed by atoms with Crippen molar-refractivity contribution < 1.29 is 9.90 Å². The molecule has 0 aliphatic heterocycles. The van der Waals surface area contributed by atoms with Crippen LogP contribution in [-0.2, 0) is 6.54 Å². The first-order valence-corrected chi connectivity index (χ1v) is 14.1. The number of thioether (sulfide) groups is 1. The normalized spacial score (nSPS) is 17.6. The monoisotopic (exact) mass is 551 g/mol. The summed E-state index contributed by atoms with van der Waals surface area (Å²) < 4.78 is 3.59. The van der Waals surface area contributed by atoms with Gasteiger partial charge in [0.05, 0.1) is 50.8 Å². The molecule has 0 bridgehead atoms. The van der Waals surface area contributed by atoms with Crippen molar-refractivity contribution in [2.24, 2.45) is 5.92 Å². The average molecular weight is 552 g/mol. The van der Waals surface area contributed by atoms with E-state index in [-0.39, 0.29) is 24.2 Å². The van der Waals surface area contributed by atoms with E-state index in [1.165, 1.54) is 11.8 Å². The Kier molecular flexibility index (Phi) is 8.16. The summed E-state index contributed by atoms with van der Waals surface area (Å²) in [4.78, 5) is 35.1. The fraction of sp³-hybridized carbons (Fsp3) is 0.357. The number of amides is 1. The molecule has 198 valence electrons. The van der Waals surface area contributed by atoms with Crippen LogP contribution >= 0.6 is 23.4 Å². The topological polar surface area (TPSA) is 102 Å². The lowest BCUT2D eigenvalue weighted by Crippen LogP contribution is -2.39. The van der Waals surface area contributed by atoms with Crippen LogP contribution in [0.1, 0.15) is 41.7 Å². The third kappa shape index (κ3) is 5.65. The Morgan fingerprint density at radius 3 is 2.58 bits per heavy atom. The molecule has 0 unspecified atom stereocenters. The number of aliphatic hydroxyl groups excluding tert-OH is 1. The van der Waals surface area contributed by atoms with Crippen LogP contribution in [0.15, 0.2) is 64.7 Å². The van der Waals surface area contributed by atoms with Gasteiger partial charge in [-0.25, -0.2) is 9.78 Å². The van der Waals surface area contributed by atoms with Crippen molar-refractivity contribution in [1.29, 1.82) is 0 Å². The average Bonchev–Trinajstić information content (AvgIpc) is 3.21. The second-order valence-electron chi connectivity index (χ2n) is 9.62. The number of nitrogens with one attached hydrogen (secondary N) is 1. The van der Waals surface area contributed by atoms with Gasteiger partial charge in [-0.05, 0) is 68.9 Å². The highest BCUT2D eigenvalue weighted by Gasteiger charge is 2.25. The van der Waals surface area contributed by atoms with E-state index in [0.717, 1.165) is 47.4 Å². The molecule has 1 fully saturated rings. The third-order valence-electron chi connectivity index (χ3n) is 7.08. The summed E-state index contributed by atoms with van der Waals surface area (Å²) >= 11 is 7.51. The number of pyridine rings is 2. The summed E-state index contributed by atoms with van der Waals surface area (Å²) in [6, 6.07) is 13.4. The number of hydrogen-bond acceptors (Lipinski definition) is 6. The maximum atomic E-state index is 13.6. The van der Waals surface area contributed by atoms with Crippen LogP contribution < -0.4 is 11.0 Å². The minimum atomic E-state index is -0.144. The Hall–Kier alpha value is -3.14. The molecule has 8 nitrogen and oxygen atoms in total. The fourth-order valence-corrected chi connectivity index (χ4v) is 5.87. The van der Waals surface area contributed by atoms with Crippen molar-refractivity contribution >= 4 is 40.3 Å². The highest BCUT2D eigenvalue weighted by Crippen LogP contribution is 2.28. The van der Waals surface area contributed by atoms with Gasteiger partial charge < -0.3 is 10.4 Å². The number of fused-ring (bicyclic) bond motifs is 1. The van der Waals surface area contributed by atoms with Gasteiger partial charge >= 0.3 is 5.69 Å². The van der Waals surface area contributed by atoms with Crippen LogP contribution in [0.25, 0.3) is 16.7 Å². The number of nitrogens with zero attached hydrogens (tertiary/aromatic N) is 4. The minimum absolute atomic E-state index is 0.0804. The molecule has 0 atom stereocenters. The summed E-state index contributed by atoms with van der Waals surface area (Å²) in [5.74, 6) is 0.773. The maximum Gasteiger partial charge on any atom is 0.333 e. The Labute approximate surface area is 230 Å². The number of hydrogen-bond donors (Lipinski definition) is 2. The zero-order valence-electron chi connectivity index (χ0n) is 21.1. The number of imidazole rings is 1. The van der Waals surface area contributed by atoms with Gasteiger partial charge in [-0.2, -0.15) is 0 Å². The summed E-state index contributed by atoms with van der Waals surface area (Å²) in [6.07, 6.45) is 6.80. The number of carbonyl (C=O) groups is 1. The van der Waals surface area contributed by atoms with Crippen LogP contribution in [0.5, 0.6) is 0 Å². The standard InChI is InChI=1S/C28H30ClN5O3S/c1-18-23(14-20(29)15-30-18)27(36)32-21-8-6-19(7-9-21)17-33-24-4-2-3-5-25(24)34(28(33)37)22-10-11-26(31-16-22)38-13-12-35/h2-5,10-11,14-16,19,21,35H,6-9,12-13,17H2,1H3,(H,32,36). The molecule has 0 saturated heterocycles. The van der Waals surface area contributed by atoms with E-state index >= 15 is 0 Å². The minimum Gasteiger partial charge on any atom is -0.396 e. The lowest BCUT2D eigenvalue weighted by Gasteiger charge is -2.29. The van der Waals surface area contributed by atoms with E-state index in [1.807, 2.05) is 41.0 Å². The molecule has 1 saturated carbocycles. The van der Waals surface area contributed by atoms with E-state index in [4.69, 9.17) is 16.7 Å². The third-order valence-corrected chi connectivity index (χ3v) is 8.21. The quantitative estimate of drug-likeness (QED) is 0.310. The predicted molar refractivity (Wildman–Crippen MR) is 150 cm³/mol. The second-order valence-corrected chi connectivity index (χ2v) is 11.2. The molecule has 0 radical (unpaired) electrons. The summed E-state index contributed by atoms with van der Waals surface area (Å²) in [7, 11) is 0. The zero-order chi connectivity index (χ0) is 26.6. The Balaban J connectivity index is 1.29. The molecule has 1 aliphatic rings. The van der Waals surface area contributed by atoms with Gasteiger partial charge in [-0.3, -0.25) is 18.9 Å². The summed E-state index contributed by atoms with van der Waals surface area (Å²) in [6.45, 7) is 2.52. The molecule has 5 rings (SSSR count). The predicted octanol–water partition coefficient (Wildman–Crippen LogP) is 4.62. The van der Waals surface area contributed by atoms with Crippen LogP contribution in [0.4, 0.5) is 0 Å². The first-order valence-electron chi connectivity index (χ1n) is 12.8.